The molecule has 1 rings (SSSR count). The molecule has 0 aromatic heterocycles. The average Bonchev–Trinajstić information content (AvgIpc) is 2.18. The van der Waals surface area contributed by atoms with E-state index in [9.17, 15) is 22.0 Å². The van der Waals surface area contributed by atoms with E-state index < -0.39 is 24.1 Å². The zero-order valence-corrected chi connectivity index (χ0v) is 8.60. The fraction of sp³-hybridized carbons (Fsp3) is 0.400. The van der Waals surface area contributed by atoms with Crippen molar-refractivity contribution < 1.29 is 26.7 Å². The van der Waals surface area contributed by atoms with E-state index in [0.717, 1.165) is 12.1 Å². The first-order valence-corrected chi connectivity index (χ1v) is 4.69. The largest absolute Gasteiger partial charge is 0.435 e. The van der Waals surface area contributed by atoms with Gasteiger partial charge >= 0.3 is 12.8 Å². The lowest BCUT2D eigenvalue weighted by Crippen LogP contribution is -2.11. The van der Waals surface area contributed by atoms with Gasteiger partial charge in [0.25, 0.3) is 0 Å². The van der Waals surface area contributed by atoms with Crippen molar-refractivity contribution in [3.63, 3.8) is 0 Å². The van der Waals surface area contributed by atoms with Crippen LogP contribution in [0, 0.1) is 0 Å². The highest BCUT2D eigenvalue weighted by Gasteiger charge is 2.31. The number of hydrogen-bond donors (Lipinski definition) is 1. The quantitative estimate of drug-likeness (QED) is 0.839. The molecule has 0 fully saturated rings. The van der Waals surface area contributed by atoms with Gasteiger partial charge in [-0.1, -0.05) is 6.07 Å². The maximum Gasteiger partial charge on any atom is 0.416 e. The first kappa shape index (κ1) is 13.7. The molecular weight excluding hydrogens is 245 g/mol. The maximum atomic E-state index is 12.4. The van der Waals surface area contributed by atoms with Crippen LogP contribution in [-0.2, 0) is 12.6 Å². The van der Waals surface area contributed by atoms with Gasteiger partial charge in [0.1, 0.15) is 5.75 Å². The molecule has 7 heteroatoms. The Kier molecular flexibility index (Phi) is 4.28. The van der Waals surface area contributed by atoms with Gasteiger partial charge in [-0.25, -0.2) is 0 Å². The van der Waals surface area contributed by atoms with Crippen LogP contribution in [-0.4, -0.2) is 13.2 Å². The fourth-order valence-corrected chi connectivity index (χ4v) is 1.30. The summed E-state index contributed by atoms with van der Waals surface area (Å²) in [5.41, 5.74) is 4.41. The molecule has 0 amide bonds. The second-order valence-electron chi connectivity index (χ2n) is 3.24. The second-order valence-corrected chi connectivity index (χ2v) is 3.24. The Hall–Kier alpha value is -1.37. The minimum atomic E-state index is -4.60. The lowest BCUT2D eigenvalue weighted by atomic mass is 10.1. The van der Waals surface area contributed by atoms with Crippen LogP contribution in [0.5, 0.6) is 5.75 Å². The summed E-state index contributed by atoms with van der Waals surface area (Å²) in [6.07, 6.45) is -4.43. The minimum Gasteiger partial charge on any atom is -0.435 e. The third-order valence-electron chi connectivity index (χ3n) is 2.02. The average molecular weight is 255 g/mol. The SMILES string of the molecule is NCCc1ccc(C(F)(F)F)cc1OC(F)F. The van der Waals surface area contributed by atoms with Crippen LogP contribution in [0.25, 0.3) is 0 Å². The van der Waals surface area contributed by atoms with Crippen molar-refractivity contribution >= 4 is 0 Å². The highest BCUT2D eigenvalue weighted by molar-refractivity contribution is 5.39. The normalized spacial score (nSPS) is 11.9. The van der Waals surface area contributed by atoms with E-state index in [-0.39, 0.29) is 18.5 Å². The molecule has 96 valence electrons. The molecule has 0 heterocycles. The molecule has 1 aromatic carbocycles. The van der Waals surface area contributed by atoms with Crippen LogP contribution >= 0.6 is 0 Å². The van der Waals surface area contributed by atoms with Crippen molar-refractivity contribution in [3.05, 3.63) is 29.3 Å². The molecule has 0 aliphatic rings. The minimum absolute atomic E-state index is 0.130. The summed E-state index contributed by atoms with van der Waals surface area (Å²) in [7, 11) is 0. The van der Waals surface area contributed by atoms with Gasteiger partial charge in [-0.05, 0) is 30.7 Å². The van der Waals surface area contributed by atoms with E-state index in [1.807, 2.05) is 0 Å². The lowest BCUT2D eigenvalue weighted by molar-refractivity contribution is -0.138. The van der Waals surface area contributed by atoms with E-state index in [1.54, 1.807) is 0 Å². The third-order valence-corrected chi connectivity index (χ3v) is 2.02. The van der Waals surface area contributed by atoms with Crippen LogP contribution in [0.4, 0.5) is 22.0 Å². The smallest absolute Gasteiger partial charge is 0.416 e. The molecule has 0 saturated heterocycles. The van der Waals surface area contributed by atoms with Crippen molar-refractivity contribution in [1.29, 1.82) is 0 Å². The molecule has 0 atom stereocenters. The van der Waals surface area contributed by atoms with Crippen LogP contribution in [0.3, 0.4) is 0 Å². The Labute approximate surface area is 94.2 Å². The van der Waals surface area contributed by atoms with Crippen LogP contribution in [0.1, 0.15) is 11.1 Å². The molecule has 0 bridgehead atoms. The monoisotopic (exact) mass is 255 g/mol. The predicted molar refractivity (Wildman–Crippen MR) is 50.8 cm³/mol. The summed E-state index contributed by atoms with van der Waals surface area (Å²) in [4.78, 5) is 0. The van der Waals surface area contributed by atoms with Crippen LogP contribution < -0.4 is 10.5 Å². The number of alkyl halides is 5. The number of halogens is 5. The summed E-state index contributed by atoms with van der Waals surface area (Å²) in [5, 5.41) is 0. The van der Waals surface area contributed by atoms with Gasteiger partial charge in [-0.3, -0.25) is 0 Å². The summed E-state index contributed by atoms with van der Waals surface area (Å²) in [5.74, 6) is -0.486. The number of hydrogen-bond acceptors (Lipinski definition) is 2. The summed E-state index contributed by atoms with van der Waals surface area (Å²) >= 11 is 0. The molecule has 17 heavy (non-hydrogen) atoms. The van der Waals surface area contributed by atoms with Gasteiger partial charge in [0.2, 0.25) is 0 Å². The molecule has 1 aromatic rings. The van der Waals surface area contributed by atoms with E-state index in [0.29, 0.717) is 6.07 Å². The first-order valence-electron chi connectivity index (χ1n) is 4.69. The second kappa shape index (κ2) is 5.31. The molecule has 2 nitrogen and oxygen atoms in total. The summed E-state index contributed by atoms with van der Waals surface area (Å²) in [6, 6.07) is 2.45. The van der Waals surface area contributed by atoms with Crippen molar-refractivity contribution in [2.75, 3.05) is 6.54 Å². The van der Waals surface area contributed by atoms with Crippen LogP contribution in [0.2, 0.25) is 0 Å². The van der Waals surface area contributed by atoms with Gasteiger partial charge in [0.15, 0.2) is 0 Å². The highest BCUT2D eigenvalue weighted by Crippen LogP contribution is 2.33. The molecule has 0 spiro atoms. The van der Waals surface area contributed by atoms with Gasteiger partial charge < -0.3 is 10.5 Å². The molecule has 0 saturated carbocycles. The first-order chi connectivity index (χ1) is 7.84. The predicted octanol–water partition coefficient (Wildman–Crippen LogP) is 2.81. The molecule has 0 unspecified atom stereocenters. The molecule has 0 radical (unpaired) electrons. The van der Waals surface area contributed by atoms with E-state index in [4.69, 9.17) is 5.73 Å². The zero-order chi connectivity index (χ0) is 13.1. The van der Waals surface area contributed by atoms with Crippen molar-refractivity contribution in [2.24, 2.45) is 5.73 Å². The topological polar surface area (TPSA) is 35.2 Å². The van der Waals surface area contributed by atoms with E-state index >= 15 is 0 Å². The van der Waals surface area contributed by atoms with Crippen molar-refractivity contribution in [1.82, 2.24) is 0 Å². The fourth-order valence-electron chi connectivity index (χ4n) is 1.30. The van der Waals surface area contributed by atoms with E-state index in [1.165, 1.54) is 0 Å². The lowest BCUT2D eigenvalue weighted by Gasteiger charge is -2.13. The zero-order valence-electron chi connectivity index (χ0n) is 8.60. The Balaban J connectivity index is 3.09. The Bertz CT molecular complexity index is 377. The highest BCUT2D eigenvalue weighted by atomic mass is 19.4. The standard InChI is InChI=1S/C10H10F5NO/c11-9(12)17-8-5-7(10(13,14)15)2-1-6(8)3-4-16/h1-2,5,9H,3-4,16H2. The Morgan fingerprint density at radius 1 is 1.24 bits per heavy atom. The Morgan fingerprint density at radius 3 is 2.35 bits per heavy atom. The summed E-state index contributed by atoms with van der Waals surface area (Å²) in [6.45, 7) is -3.04. The molecule has 0 aliphatic heterocycles. The number of benzene rings is 1. The maximum absolute atomic E-state index is 12.4. The number of ether oxygens (including phenoxy) is 1. The number of rotatable bonds is 4. The molecule has 2 N–H and O–H groups in total. The summed E-state index contributed by atoms with van der Waals surface area (Å²) < 4.78 is 65.2. The van der Waals surface area contributed by atoms with E-state index in [2.05, 4.69) is 4.74 Å². The molecule has 0 aliphatic carbocycles. The van der Waals surface area contributed by atoms with Gasteiger partial charge in [-0.15, -0.1) is 0 Å². The van der Waals surface area contributed by atoms with Gasteiger partial charge in [-0.2, -0.15) is 22.0 Å². The van der Waals surface area contributed by atoms with Crippen LogP contribution in [0.15, 0.2) is 18.2 Å². The van der Waals surface area contributed by atoms with Crippen molar-refractivity contribution in [2.45, 2.75) is 19.2 Å². The Morgan fingerprint density at radius 2 is 1.88 bits per heavy atom. The molecular formula is C10H10F5NO. The third kappa shape index (κ3) is 3.85. The number of nitrogens with two attached hydrogens (primary N) is 1. The van der Waals surface area contributed by atoms with Gasteiger partial charge in [0, 0.05) is 0 Å². The van der Waals surface area contributed by atoms with Gasteiger partial charge in [0.05, 0.1) is 5.56 Å². The van der Waals surface area contributed by atoms with Crippen molar-refractivity contribution in [3.8, 4) is 5.75 Å².